The van der Waals surface area contributed by atoms with Crippen LogP contribution in [0.5, 0.6) is 5.75 Å². The number of esters is 2. The zero-order valence-electron chi connectivity index (χ0n) is 18.7. The Balaban J connectivity index is 1.54. The Labute approximate surface area is 188 Å². The molecule has 164 valence electrons. The quantitative estimate of drug-likeness (QED) is 0.291. The molecule has 0 atom stereocenters. The number of benzene rings is 3. The molecule has 0 aromatic heterocycles. The summed E-state index contributed by atoms with van der Waals surface area (Å²) in [5.74, 6) is -1.05. The SMILES string of the molecule is Cc1ccc(C(=O)Oc2ccc(C(=O)COC(=O)c3ccc(C(C)(C)C)cc3)cc2)cc1. The van der Waals surface area contributed by atoms with Gasteiger partial charge < -0.3 is 9.47 Å². The Bertz CT molecular complexity index is 1100. The normalized spacial score (nSPS) is 11.0. The standard InChI is InChI=1S/C27H26O5/c1-18-5-7-21(8-6-18)26(30)32-23-15-11-19(12-16-23)24(28)17-31-25(29)20-9-13-22(14-10-20)27(2,3)4/h5-16H,17H2,1-4H3. The van der Waals surface area contributed by atoms with Crippen LogP contribution in [0.25, 0.3) is 0 Å². The third kappa shape index (κ3) is 5.91. The van der Waals surface area contributed by atoms with Gasteiger partial charge in [0.25, 0.3) is 0 Å². The summed E-state index contributed by atoms with van der Waals surface area (Å²) in [4.78, 5) is 36.8. The highest BCUT2D eigenvalue weighted by Gasteiger charge is 2.16. The first kappa shape index (κ1) is 22.9. The maximum absolute atomic E-state index is 12.4. The highest BCUT2D eigenvalue weighted by molar-refractivity contribution is 5.99. The van der Waals surface area contributed by atoms with E-state index in [9.17, 15) is 14.4 Å². The van der Waals surface area contributed by atoms with Crippen molar-refractivity contribution in [2.75, 3.05) is 6.61 Å². The van der Waals surface area contributed by atoms with Gasteiger partial charge in [-0.2, -0.15) is 0 Å². The van der Waals surface area contributed by atoms with E-state index < -0.39 is 11.9 Å². The van der Waals surface area contributed by atoms with Crippen LogP contribution in [-0.2, 0) is 10.2 Å². The van der Waals surface area contributed by atoms with Gasteiger partial charge in [0.15, 0.2) is 12.4 Å². The van der Waals surface area contributed by atoms with E-state index >= 15 is 0 Å². The average molecular weight is 431 g/mol. The van der Waals surface area contributed by atoms with Crippen LogP contribution in [0.3, 0.4) is 0 Å². The Morgan fingerprint density at radius 2 is 1.19 bits per heavy atom. The van der Waals surface area contributed by atoms with Crippen LogP contribution in [0.15, 0.2) is 72.8 Å². The van der Waals surface area contributed by atoms with Gasteiger partial charge in [0, 0.05) is 5.56 Å². The lowest BCUT2D eigenvalue weighted by Gasteiger charge is -2.18. The van der Waals surface area contributed by atoms with Crippen molar-refractivity contribution >= 4 is 17.7 Å². The molecule has 0 bridgehead atoms. The number of ether oxygens (including phenoxy) is 2. The molecule has 3 rings (SSSR count). The molecule has 32 heavy (non-hydrogen) atoms. The Morgan fingerprint density at radius 3 is 1.75 bits per heavy atom. The maximum atomic E-state index is 12.4. The fourth-order valence-corrected chi connectivity index (χ4v) is 2.97. The molecule has 0 saturated carbocycles. The summed E-state index contributed by atoms with van der Waals surface area (Å²) in [5, 5.41) is 0. The first-order valence-corrected chi connectivity index (χ1v) is 10.3. The van der Waals surface area contributed by atoms with Crippen LogP contribution in [0.2, 0.25) is 0 Å². The van der Waals surface area contributed by atoms with Crippen LogP contribution in [0.1, 0.15) is 63.0 Å². The van der Waals surface area contributed by atoms with Crippen molar-refractivity contribution in [2.24, 2.45) is 0 Å². The summed E-state index contributed by atoms with van der Waals surface area (Å²) in [6.07, 6.45) is 0. The van der Waals surface area contributed by atoms with Crippen molar-refractivity contribution in [3.8, 4) is 5.75 Å². The fourth-order valence-electron chi connectivity index (χ4n) is 2.97. The lowest BCUT2D eigenvalue weighted by Crippen LogP contribution is -2.15. The molecule has 3 aromatic rings. The van der Waals surface area contributed by atoms with Crippen molar-refractivity contribution < 1.29 is 23.9 Å². The van der Waals surface area contributed by atoms with Crippen LogP contribution >= 0.6 is 0 Å². The predicted molar refractivity (Wildman–Crippen MR) is 122 cm³/mol. The van der Waals surface area contributed by atoms with Gasteiger partial charge in [0.1, 0.15) is 5.75 Å². The van der Waals surface area contributed by atoms with Gasteiger partial charge in [-0.3, -0.25) is 4.79 Å². The van der Waals surface area contributed by atoms with Gasteiger partial charge in [-0.15, -0.1) is 0 Å². The first-order chi connectivity index (χ1) is 15.1. The molecule has 0 aliphatic rings. The third-order valence-electron chi connectivity index (χ3n) is 5.00. The summed E-state index contributed by atoms with van der Waals surface area (Å²) in [6.45, 7) is 7.84. The zero-order chi connectivity index (χ0) is 23.3. The molecule has 0 saturated heterocycles. The minimum Gasteiger partial charge on any atom is -0.454 e. The molecule has 0 unspecified atom stereocenters. The minimum atomic E-state index is -0.553. The number of hydrogen-bond donors (Lipinski definition) is 0. The second-order valence-corrected chi connectivity index (χ2v) is 8.61. The second-order valence-electron chi connectivity index (χ2n) is 8.61. The summed E-state index contributed by atoms with van der Waals surface area (Å²) in [5.41, 5.74) is 3.33. The molecule has 0 radical (unpaired) electrons. The molecule has 0 heterocycles. The highest BCUT2D eigenvalue weighted by Crippen LogP contribution is 2.22. The van der Waals surface area contributed by atoms with Crippen molar-refractivity contribution in [1.82, 2.24) is 0 Å². The van der Waals surface area contributed by atoms with Crippen molar-refractivity contribution in [3.05, 3.63) is 101 Å². The summed E-state index contributed by atoms with van der Waals surface area (Å²) in [7, 11) is 0. The smallest absolute Gasteiger partial charge is 0.343 e. The number of aryl methyl sites for hydroxylation is 1. The Kier molecular flexibility index (Phi) is 6.89. The summed E-state index contributed by atoms with van der Waals surface area (Å²) in [6, 6.07) is 20.4. The second kappa shape index (κ2) is 9.60. The molecule has 0 fully saturated rings. The number of Topliss-reactive ketones (excluding diaryl/α,β-unsaturated/α-hetero) is 1. The van der Waals surface area contributed by atoms with Crippen molar-refractivity contribution in [2.45, 2.75) is 33.1 Å². The largest absolute Gasteiger partial charge is 0.454 e. The van der Waals surface area contributed by atoms with Crippen molar-refractivity contribution in [3.63, 3.8) is 0 Å². The fraction of sp³-hybridized carbons (Fsp3) is 0.222. The minimum absolute atomic E-state index is 0.0149. The molecule has 0 aliphatic heterocycles. The van der Waals surface area contributed by atoms with E-state index in [2.05, 4.69) is 20.8 Å². The van der Waals surface area contributed by atoms with E-state index in [1.165, 1.54) is 24.3 Å². The van der Waals surface area contributed by atoms with Gasteiger partial charge in [-0.25, -0.2) is 9.59 Å². The Hall–Kier alpha value is -3.73. The number of carbonyl (C=O) groups excluding carboxylic acids is 3. The molecule has 3 aromatic carbocycles. The summed E-state index contributed by atoms with van der Waals surface area (Å²) >= 11 is 0. The van der Waals surface area contributed by atoms with Crippen LogP contribution in [-0.4, -0.2) is 24.3 Å². The Morgan fingerprint density at radius 1 is 0.688 bits per heavy atom. The average Bonchev–Trinajstić information content (AvgIpc) is 2.77. The van der Waals surface area contributed by atoms with Crippen LogP contribution in [0.4, 0.5) is 0 Å². The number of rotatable bonds is 6. The van der Waals surface area contributed by atoms with Crippen molar-refractivity contribution in [1.29, 1.82) is 0 Å². The molecule has 0 N–H and O–H groups in total. The summed E-state index contributed by atoms with van der Waals surface area (Å²) < 4.78 is 10.5. The first-order valence-electron chi connectivity index (χ1n) is 10.3. The molecular formula is C27H26O5. The third-order valence-corrected chi connectivity index (χ3v) is 5.00. The molecular weight excluding hydrogens is 404 g/mol. The maximum Gasteiger partial charge on any atom is 0.343 e. The van der Waals surface area contributed by atoms with Gasteiger partial charge in [0.05, 0.1) is 11.1 Å². The zero-order valence-corrected chi connectivity index (χ0v) is 18.7. The van der Waals surface area contributed by atoms with Gasteiger partial charge in [-0.05, 0) is 66.4 Å². The lowest BCUT2D eigenvalue weighted by molar-refractivity contribution is 0.0474. The van der Waals surface area contributed by atoms with E-state index in [4.69, 9.17) is 9.47 Å². The van der Waals surface area contributed by atoms with Gasteiger partial charge >= 0.3 is 11.9 Å². The van der Waals surface area contributed by atoms with E-state index in [-0.39, 0.29) is 17.8 Å². The molecule has 0 spiro atoms. The molecule has 0 aliphatic carbocycles. The molecule has 0 amide bonds. The van der Waals surface area contributed by atoms with E-state index in [1.54, 1.807) is 24.3 Å². The van der Waals surface area contributed by atoms with Gasteiger partial charge in [0.2, 0.25) is 0 Å². The van der Waals surface area contributed by atoms with Gasteiger partial charge in [-0.1, -0.05) is 50.6 Å². The number of hydrogen-bond acceptors (Lipinski definition) is 5. The van der Waals surface area contributed by atoms with Crippen LogP contribution < -0.4 is 4.74 Å². The number of carbonyl (C=O) groups is 3. The monoisotopic (exact) mass is 430 g/mol. The lowest BCUT2D eigenvalue weighted by atomic mass is 9.87. The molecule has 5 heteroatoms. The molecule has 5 nitrogen and oxygen atoms in total. The highest BCUT2D eigenvalue weighted by atomic mass is 16.5. The van der Waals surface area contributed by atoms with E-state index in [0.29, 0.717) is 22.4 Å². The number of ketones is 1. The predicted octanol–water partition coefficient (Wildman–Crippen LogP) is 5.55. The van der Waals surface area contributed by atoms with Crippen LogP contribution in [0, 0.1) is 6.92 Å². The topological polar surface area (TPSA) is 69.7 Å². The van der Waals surface area contributed by atoms with E-state index in [0.717, 1.165) is 11.1 Å². The van der Waals surface area contributed by atoms with E-state index in [1.807, 2.05) is 31.2 Å².